The lowest BCUT2D eigenvalue weighted by atomic mass is 9.72. The Labute approximate surface area is 223 Å². The van der Waals surface area contributed by atoms with Gasteiger partial charge in [-0.05, 0) is 89.3 Å². The van der Waals surface area contributed by atoms with E-state index in [1.165, 1.54) is 6.07 Å². The Bertz CT molecular complexity index is 1280. The van der Waals surface area contributed by atoms with Gasteiger partial charge in [0.05, 0.1) is 6.61 Å². The number of halogens is 1. The van der Waals surface area contributed by atoms with E-state index in [4.69, 9.17) is 4.74 Å². The second kappa shape index (κ2) is 10.3. The smallest absolute Gasteiger partial charge is 0.226 e. The van der Waals surface area contributed by atoms with E-state index in [1.54, 1.807) is 12.0 Å². The highest BCUT2D eigenvalue weighted by Gasteiger charge is 2.42. The fourth-order valence-electron chi connectivity index (χ4n) is 6.75. The van der Waals surface area contributed by atoms with Crippen LogP contribution in [-0.2, 0) is 50.4 Å². The summed E-state index contributed by atoms with van der Waals surface area (Å²) >= 11 is 0. The summed E-state index contributed by atoms with van der Waals surface area (Å²) in [7, 11) is 1.63. The van der Waals surface area contributed by atoms with Crippen molar-refractivity contribution in [1.82, 2.24) is 4.90 Å². The lowest BCUT2D eigenvalue weighted by Gasteiger charge is -2.42. The molecule has 1 saturated carbocycles. The number of hydrogen-bond donors (Lipinski definition) is 0. The number of carbonyl (C=O) groups is 3. The van der Waals surface area contributed by atoms with E-state index in [0.717, 1.165) is 40.7 Å². The molecular weight excluding hydrogens is 485 g/mol. The second-order valence-corrected chi connectivity index (χ2v) is 11.9. The number of carboxylic acids is 1. The van der Waals surface area contributed by atoms with E-state index in [0.29, 0.717) is 38.0 Å². The van der Waals surface area contributed by atoms with Crippen molar-refractivity contribution in [2.24, 2.45) is 11.8 Å². The highest BCUT2D eigenvalue weighted by Crippen LogP contribution is 2.42. The molecule has 5 rings (SSSR count). The molecule has 1 aliphatic heterocycles. The number of carbonyl (C=O) groups excluding carboxylic acids is 3. The van der Waals surface area contributed by atoms with E-state index in [-0.39, 0.29) is 47.6 Å². The molecule has 0 saturated heterocycles. The molecule has 1 atom stereocenters. The molecule has 1 amide bonds. The maximum Gasteiger partial charge on any atom is 0.226 e. The fourth-order valence-corrected chi connectivity index (χ4v) is 6.75. The third-order valence-electron chi connectivity index (χ3n) is 8.68. The zero-order valence-corrected chi connectivity index (χ0v) is 22.3. The number of aryl methyl sites for hydroxylation is 1. The quantitative estimate of drug-likeness (QED) is 0.531. The Morgan fingerprint density at radius 3 is 2.53 bits per heavy atom. The van der Waals surface area contributed by atoms with Crippen molar-refractivity contribution in [3.05, 3.63) is 69.5 Å². The van der Waals surface area contributed by atoms with Gasteiger partial charge in [-0.25, -0.2) is 4.39 Å². The van der Waals surface area contributed by atoms with Gasteiger partial charge in [0.1, 0.15) is 11.9 Å². The summed E-state index contributed by atoms with van der Waals surface area (Å²) in [6.07, 6.45) is 3.27. The average Bonchev–Trinajstić information content (AvgIpc) is 3.14. The van der Waals surface area contributed by atoms with Crippen molar-refractivity contribution in [2.75, 3.05) is 13.7 Å². The maximum atomic E-state index is 15.2. The first kappa shape index (κ1) is 26.5. The lowest BCUT2D eigenvalue weighted by molar-refractivity contribution is -0.307. The van der Waals surface area contributed by atoms with Crippen molar-refractivity contribution in [3.63, 3.8) is 0 Å². The van der Waals surface area contributed by atoms with E-state index >= 15 is 4.39 Å². The zero-order chi connectivity index (χ0) is 27.2. The molecule has 38 heavy (non-hydrogen) atoms. The minimum atomic E-state index is -1.10. The highest BCUT2D eigenvalue weighted by atomic mass is 19.1. The molecule has 2 aliphatic carbocycles. The van der Waals surface area contributed by atoms with E-state index in [9.17, 15) is 19.5 Å². The van der Waals surface area contributed by atoms with Gasteiger partial charge in [-0.15, -0.1) is 0 Å². The monoisotopic (exact) mass is 520 g/mol. The number of carboxylic acid groups (broad SMARTS) is 1. The Morgan fingerprint density at radius 1 is 1.08 bits per heavy atom. The van der Waals surface area contributed by atoms with Gasteiger partial charge in [-0.3, -0.25) is 9.59 Å². The summed E-state index contributed by atoms with van der Waals surface area (Å²) in [5, 5.41) is 11.0. The first-order valence-corrected chi connectivity index (χ1v) is 13.5. The van der Waals surface area contributed by atoms with Crippen LogP contribution in [0.1, 0.15) is 79.0 Å². The van der Waals surface area contributed by atoms with Crippen molar-refractivity contribution in [1.29, 1.82) is 0 Å². The standard InChI is InChI=1S/C31H36FNO5/c1-31(2)8-6-22-11-20(14-25(32)28(22)31)15-26(34)29-24-5-4-18(17-38-3)10-21(24)7-9-33(29)30(37)23-12-19(13-23)16-27(35)36/h4-5,10-11,14,19,23,29H,6-9,12-13,15-17H2,1-3H3,(H,35,36)/p-1. The number of ketones is 1. The first-order valence-electron chi connectivity index (χ1n) is 13.5. The number of hydrogen-bond acceptors (Lipinski definition) is 5. The van der Waals surface area contributed by atoms with E-state index in [1.807, 2.05) is 38.1 Å². The van der Waals surface area contributed by atoms with Crippen LogP contribution in [0.15, 0.2) is 30.3 Å². The van der Waals surface area contributed by atoms with Gasteiger partial charge in [-0.2, -0.15) is 0 Å². The third-order valence-corrected chi connectivity index (χ3v) is 8.68. The van der Waals surface area contributed by atoms with Crippen molar-refractivity contribution in [2.45, 2.75) is 76.9 Å². The number of rotatable bonds is 8. The summed E-state index contributed by atoms with van der Waals surface area (Å²) in [5.74, 6) is -1.95. The number of aliphatic carboxylic acids is 1. The largest absolute Gasteiger partial charge is 0.550 e. The number of nitrogens with zero attached hydrogens (tertiary/aromatic N) is 1. The number of benzene rings is 2. The van der Waals surface area contributed by atoms with Gasteiger partial charge in [0, 0.05) is 32.0 Å². The topological polar surface area (TPSA) is 86.7 Å². The molecule has 1 heterocycles. The molecule has 3 aliphatic rings. The van der Waals surface area contributed by atoms with Crippen LogP contribution in [0.5, 0.6) is 0 Å². The van der Waals surface area contributed by atoms with E-state index in [2.05, 4.69) is 0 Å². The van der Waals surface area contributed by atoms with Crippen molar-refractivity contribution >= 4 is 17.7 Å². The molecule has 0 bridgehead atoms. The van der Waals surface area contributed by atoms with Crippen LogP contribution in [0, 0.1) is 17.7 Å². The molecule has 2 aromatic carbocycles. The summed E-state index contributed by atoms with van der Waals surface area (Å²) in [6.45, 7) is 4.96. The Balaban J connectivity index is 1.42. The molecule has 202 valence electrons. The summed E-state index contributed by atoms with van der Waals surface area (Å²) < 4.78 is 20.4. The first-order chi connectivity index (χ1) is 18.1. The fraction of sp³-hybridized carbons (Fsp3) is 0.516. The summed E-state index contributed by atoms with van der Waals surface area (Å²) in [4.78, 5) is 40.1. The van der Waals surface area contributed by atoms with Gasteiger partial charge in [-0.1, -0.05) is 38.1 Å². The molecule has 1 fully saturated rings. The highest BCUT2D eigenvalue weighted by molar-refractivity contribution is 5.93. The van der Waals surface area contributed by atoms with Crippen LogP contribution in [0.25, 0.3) is 0 Å². The number of ether oxygens (including phenoxy) is 1. The van der Waals surface area contributed by atoms with Crippen LogP contribution >= 0.6 is 0 Å². The Hall–Kier alpha value is -3.06. The lowest BCUT2D eigenvalue weighted by Crippen LogP contribution is -2.49. The Morgan fingerprint density at radius 2 is 1.82 bits per heavy atom. The molecule has 2 aromatic rings. The van der Waals surface area contributed by atoms with Gasteiger partial charge in [0.15, 0.2) is 5.78 Å². The summed E-state index contributed by atoms with van der Waals surface area (Å²) in [6, 6.07) is 8.56. The van der Waals surface area contributed by atoms with Crippen LogP contribution in [0.4, 0.5) is 4.39 Å². The van der Waals surface area contributed by atoms with Gasteiger partial charge >= 0.3 is 0 Å². The van der Waals surface area contributed by atoms with Crippen molar-refractivity contribution in [3.8, 4) is 0 Å². The molecule has 6 nitrogen and oxygen atoms in total. The molecular formula is C31H35FNO5-. The number of methoxy groups -OCH3 is 1. The zero-order valence-electron chi connectivity index (χ0n) is 22.3. The summed E-state index contributed by atoms with van der Waals surface area (Å²) in [5.41, 5.74) is 4.96. The van der Waals surface area contributed by atoms with Crippen LogP contribution in [-0.4, -0.2) is 36.2 Å². The van der Waals surface area contributed by atoms with Gasteiger partial charge in [0.2, 0.25) is 5.91 Å². The molecule has 0 spiro atoms. The minimum Gasteiger partial charge on any atom is -0.550 e. The van der Waals surface area contributed by atoms with E-state index < -0.39 is 12.0 Å². The number of amides is 1. The van der Waals surface area contributed by atoms with Crippen LogP contribution in [0.2, 0.25) is 0 Å². The molecule has 7 heteroatoms. The predicted molar refractivity (Wildman–Crippen MR) is 138 cm³/mol. The van der Waals surface area contributed by atoms with Crippen LogP contribution < -0.4 is 5.11 Å². The third kappa shape index (κ3) is 5.00. The van der Waals surface area contributed by atoms with Crippen molar-refractivity contribution < 1.29 is 28.6 Å². The molecule has 1 unspecified atom stereocenters. The van der Waals surface area contributed by atoms with Crippen LogP contribution in [0.3, 0.4) is 0 Å². The molecule has 0 aromatic heterocycles. The average molecular weight is 521 g/mol. The predicted octanol–water partition coefficient (Wildman–Crippen LogP) is 3.60. The SMILES string of the molecule is COCc1ccc2c(c1)CCN(C(=O)C1CC(CC(=O)[O-])C1)C2C(=O)Cc1cc(F)c2c(c1)CCC2(C)C. The minimum absolute atomic E-state index is 0.0380. The van der Waals surface area contributed by atoms with Gasteiger partial charge in [0.25, 0.3) is 0 Å². The maximum absolute atomic E-state index is 15.2. The van der Waals surface area contributed by atoms with Gasteiger partial charge < -0.3 is 19.5 Å². The second-order valence-electron chi connectivity index (χ2n) is 11.9. The Kier molecular flexibility index (Phi) is 7.16. The molecule has 0 radical (unpaired) electrons. The molecule has 0 N–H and O–H groups in total. The number of Topliss-reactive ketones (excluding diaryl/α,β-unsaturated/α-hetero) is 1. The normalized spacial score (nSPS) is 23.4. The number of fused-ring (bicyclic) bond motifs is 2.